The topological polar surface area (TPSA) is 42.0 Å². The molecule has 0 atom stereocenters. The summed E-state index contributed by atoms with van der Waals surface area (Å²) < 4.78 is 10.5. The van der Waals surface area contributed by atoms with E-state index in [2.05, 4.69) is 11.5 Å². The van der Waals surface area contributed by atoms with Crippen molar-refractivity contribution in [3.63, 3.8) is 0 Å². The number of methoxy groups -OCH3 is 2. The summed E-state index contributed by atoms with van der Waals surface area (Å²) in [5, 5.41) is 0. The molecule has 1 fully saturated rings. The quantitative estimate of drug-likeness (QED) is 0.595. The van der Waals surface area contributed by atoms with Gasteiger partial charge in [-0.3, -0.25) is 9.69 Å². The largest absolute Gasteiger partial charge is 0.497 e. The number of amides is 1. The Labute approximate surface area is 137 Å². The zero-order valence-corrected chi connectivity index (χ0v) is 13.8. The Morgan fingerprint density at radius 1 is 1.13 bits per heavy atom. The van der Waals surface area contributed by atoms with Crippen LogP contribution < -0.4 is 9.47 Å². The van der Waals surface area contributed by atoms with Crippen molar-refractivity contribution >= 4 is 12.0 Å². The molecule has 0 N–H and O–H groups in total. The van der Waals surface area contributed by atoms with E-state index in [0.717, 1.165) is 38.3 Å². The van der Waals surface area contributed by atoms with Gasteiger partial charge in [-0.05, 0) is 23.8 Å². The Morgan fingerprint density at radius 2 is 1.74 bits per heavy atom. The zero-order valence-electron chi connectivity index (χ0n) is 13.8. The smallest absolute Gasteiger partial charge is 0.246 e. The van der Waals surface area contributed by atoms with Crippen LogP contribution in [0.15, 0.2) is 36.9 Å². The molecular weight excluding hydrogens is 292 g/mol. The van der Waals surface area contributed by atoms with Gasteiger partial charge in [-0.1, -0.05) is 6.08 Å². The van der Waals surface area contributed by atoms with E-state index in [4.69, 9.17) is 9.47 Å². The van der Waals surface area contributed by atoms with Crippen LogP contribution >= 0.6 is 0 Å². The third-order valence-corrected chi connectivity index (χ3v) is 3.86. The summed E-state index contributed by atoms with van der Waals surface area (Å²) in [6.07, 6.45) is 5.30. The lowest BCUT2D eigenvalue weighted by atomic mass is 10.2. The maximum absolute atomic E-state index is 12.3. The van der Waals surface area contributed by atoms with E-state index in [1.807, 2.05) is 23.1 Å². The number of ether oxygens (including phenoxy) is 2. The summed E-state index contributed by atoms with van der Waals surface area (Å²) in [6, 6.07) is 5.54. The van der Waals surface area contributed by atoms with E-state index >= 15 is 0 Å². The van der Waals surface area contributed by atoms with Gasteiger partial charge in [0.05, 0.1) is 14.2 Å². The highest BCUT2D eigenvalue weighted by atomic mass is 16.5. The molecule has 0 saturated carbocycles. The predicted molar refractivity (Wildman–Crippen MR) is 91.8 cm³/mol. The third-order valence-electron chi connectivity index (χ3n) is 3.86. The highest BCUT2D eigenvalue weighted by Gasteiger charge is 2.18. The molecule has 0 aliphatic carbocycles. The van der Waals surface area contributed by atoms with Gasteiger partial charge in [0.1, 0.15) is 11.5 Å². The van der Waals surface area contributed by atoms with Gasteiger partial charge < -0.3 is 14.4 Å². The molecule has 1 heterocycles. The van der Waals surface area contributed by atoms with E-state index in [-0.39, 0.29) is 5.91 Å². The Kier molecular flexibility index (Phi) is 6.23. The minimum absolute atomic E-state index is 0.0324. The number of carbonyl (C=O) groups is 1. The third kappa shape index (κ3) is 4.86. The fourth-order valence-corrected chi connectivity index (χ4v) is 2.53. The van der Waals surface area contributed by atoms with Crippen molar-refractivity contribution in [2.45, 2.75) is 0 Å². The minimum Gasteiger partial charge on any atom is -0.497 e. The van der Waals surface area contributed by atoms with Gasteiger partial charge in [-0.15, -0.1) is 6.58 Å². The van der Waals surface area contributed by atoms with Gasteiger partial charge in [0.25, 0.3) is 0 Å². The van der Waals surface area contributed by atoms with Crippen LogP contribution in [0, 0.1) is 0 Å². The lowest BCUT2D eigenvalue weighted by Crippen LogP contribution is -2.48. The standard InChI is InChI=1S/C18H24N2O3/c1-4-7-19-8-10-20(11-9-19)18(21)6-5-15-12-16(22-2)14-17(13-15)23-3/h4-6,12-14H,1,7-11H2,2-3H3/b6-5-. The number of piperazine rings is 1. The SMILES string of the molecule is C=CCN1CCN(C(=O)/C=C\c2cc(OC)cc(OC)c2)CC1. The van der Waals surface area contributed by atoms with Crippen molar-refractivity contribution in [3.05, 3.63) is 42.5 Å². The molecule has 0 aromatic heterocycles. The second-order valence-electron chi connectivity index (χ2n) is 5.39. The highest BCUT2D eigenvalue weighted by Crippen LogP contribution is 2.23. The number of nitrogens with zero attached hydrogens (tertiary/aromatic N) is 2. The maximum atomic E-state index is 12.3. The van der Waals surface area contributed by atoms with Crippen molar-refractivity contribution < 1.29 is 14.3 Å². The zero-order chi connectivity index (χ0) is 16.7. The second kappa shape index (κ2) is 8.39. The van der Waals surface area contributed by atoms with E-state index in [9.17, 15) is 4.79 Å². The first-order chi connectivity index (χ1) is 11.2. The monoisotopic (exact) mass is 316 g/mol. The van der Waals surface area contributed by atoms with Gasteiger partial charge in [0.15, 0.2) is 0 Å². The van der Waals surface area contributed by atoms with Crippen LogP contribution in [0.5, 0.6) is 11.5 Å². The van der Waals surface area contributed by atoms with Crippen molar-refractivity contribution in [1.82, 2.24) is 9.80 Å². The molecule has 2 rings (SSSR count). The van der Waals surface area contributed by atoms with Crippen molar-refractivity contribution in [2.75, 3.05) is 46.9 Å². The summed E-state index contributed by atoms with van der Waals surface area (Å²) in [5.74, 6) is 1.44. The molecular formula is C18H24N2O3. The fourth-order valence-electron chi connectivity index (χ4n) is 2.53. The Balaban J connectivity index is 1.97. The highest BCUT2D eigenvalue weighted by molar-refractivity contribution is 5.92. The molecule has 1 aliphatic rings. The van der Waals surface area contributed by atoms with Gasteiger partial charge >= 0.3 is 0 Å². The van der Waals surface area contributed by atoms with E-state index in [1.165, 1.54) is 0 Å². The van der Waals surface area contributed by atoms with Crippen LogP contribution in [-0.2, 0) is 4.79 Å². The molecule has 0 radical (unpaired) electrons. The van der Waals surface area contributed by atoms with E-state index in [1.54, 1.807) is 32.4 Å². The molecule has 0 unspecified atom stereocenters. The fraction of sp³-hybridized carbons (Fsp3) is 0.389. The van der Waals surface area contributed by atoms with E-state index < -0.39 is 0 Å². The molecule has 1 saturated heterocycles. The van der Waals surface area contributed by atoms with E-state index in [0.29, 0.717) is 11.5 Å². The van der Waals surface area contributed by atoms with Crippen molar-refractivity contribution in [3.8, 4) is 11.5 Å². The van der Waals surface area contributed by atoms with Crippen molar-refractivity contribution in [2.24, 2.45) is 0 Å². The first-order valence-corrected chi connectivity index (χ1v) is 7.69. The molecule has 1 amide bonds. The summed E-state index contributed by atoms with van der Waals surface area (Å²) in [5.41, 5.74) is 0.875. The lowest BCUT2D eigenvalue weighted by Gasteiger charge is -2.33. The molecule has 5 heteroatoms. The van der Waals surface area contributed by atoms with Crippen LogP contribution in [0.3, 0.4) is 0 Å². The van der Waals surface area contributed by atoms with Crippen LogP contribution in [0.1, 0.15) is 5.56 Å². The van der Waals surface area contributed by atoms with Gasteiger partial charge in [-0.25, -0.2) is 0 Å². The number of carbonyl (C=O) groups excluding carboxylic acids is 1. The molecule has 5 nitrogen and oxygen atoms in total. The number of hydrogen-bond acceptors (Lipinski definition) is 4. The molecule has 124 valence electrons. The number of rotatable bonds is 6. The maximum Gasteiger partial charge on any atom is 0.246 e. The second-order valence-corrected chi connectivity index (χ2v) is 5.39. The lowest BCUT2D eigenvalue weighted by molar-refractivity contribution is -0.127. The van der Waals surface area contributed by atoms with Gasteiger partial charge in [-0.2, -0.15) is 0 Å². The Morgan fingerprint density at radius 3 is 2.26 bits per heavy atom. The molecule has 23 heavy (non-hydrogen) atoms. The summed E-state index contributed by atoms with van der Waals surface area (Å²) >= 11 is 0. The van der Waals surface area contributed by atoms with Gasteiger partial charge in [0, 0.05) is 44.9 Å². The molecule has 0 spiro atoms. The molecule has 1 aromatic rings. The summed E-state index contributed by atoms with van der Waals surface area (Å²) in [7, 11) is 3.21. The molecule has 1 aliphatic heterocycles. The first-order valence-electron chi connectivity index (χ1n) is 7.69. The molecule has 0 bridgehead atoms. The first kappa shape index (κ1) is 17.1. The number of hydrogen-bond donors (Lipinski definition) is 0. The number of benzene rings is 1. The summed E-state index contributed by atoms with van der Waals surface area (Å²) in [4.78, 5) is 16.4. The van der Waals surface area contributed by atoms with Gasteiger partial charge in [0.2, 0.25) is 5.91 Å². The summed E-state index contributed by atoms with van der Waals surface area (Å²) in [6.45, 7) is 7.89. The van der Waals surface area contributed by atoms with Crippen LogP contribution in [0.4, 0.5) is 0 Å². The van der Waals surface area contributed by atoms with Crippen LogP contribution in [0.2, 0.25) is 0 Å². The van der Waals surface area contributed by atoms with Crippen LogP contribution in [0.25, 0.3) is 6.08 Å². The minimum atomic E-state index is 0.0324. The predicted octanol–water partition coefficient (Wildman–Crippen LogP) is 2.05. The van der Waals surface area contributed by atoms with Crippen LogP contribution in [-0.4, -0.2) is 62.7 Å². The average molecular weight is 316 g/mol. The Hall–Kier alpha value is -2.27. The average Bonchev–Trinajstić information content (AvgIpc) is 2.60. The normalized spacial score (nSPS) is 15.7. The van der Waals surface area contributed by atoms with Crippen molar-refractivity contribution in [1.29, 1.82) is 0 Å². The molecule has 1 aromatic carbocycles. The Bertz CT molecular complexity index is 553.